The van der Waals surface area contributed by atoms with E-state index in [1.165, 1.54) is 12.1 Å². The second kappa shape index (κ2) is 5.34. The van der Waals surface area contributed by atoms with E-state index < -0.39 is 12.0 Å². The molecule has 0 aliphatic rings. The average molecular weight is 211 g/mol. The number of hydrogen-bond acceptors (Lipinski definition) is 2. The van der Waals surface area contributed by atoms with Crippen LogP contribution in [0, 0.1) is 5.82 Å². The van der Waals surface area contributed by atoms with Crippen LogP contribution in [0.3, 0.4) is 0 Å². The molecule has 0 saturated carbocycles. The standard InChI is InChI=1S/C11H14FNO2/c1-2-4-10(11(14)15)13-9-6-3-5-8(12)7-9/h3,5-7,10,13H,2,4H2,1H3,(H,14,15)/t10-/m0/s1. The minimum Gasteiger partial charge on any atom is -0.480 e. The monoisotopic (exact) mass is 211 g/mol. The van der Waals surface area contributed by atoms with Gasteiger partial charge < -0.3 is 10.4 Å². The van der Waals surface area contributed by atoms with Gasteiger partial charge in [0.1, 0.15) is 11.9 Å². The molecule has 1 atom stereocenters. The van der Waals surface area contributed by atoms with Crippen LogP contribution in [-0.4, -0.2) is 17.1 Å². The molecule has 1 aromatic rings. The fourth-order valence-corrected chi connectivity index (χ4v) is 1.33. The summed E-state index contributed by atoms with van der Waals surface area (Å²) >= 11 is 0. The molecular weight excluding hydrogens is 197 g/mol. The lowest BCUT2D eigenvalue weighted by atomic mass is 10.1. The minimum atomic E-state index is -0.916. The van der Waals surface area contributed by atoms with Crippen molar-refractivity contribution in [3.8, 4) is 0 Å². The first-order valence-corrected chi connectivity index (χ1v) is 4.88. The van der Waals surface area contributed by atoms with Crippen LogP contribution in [0.25, 0.3) is 0 Å². The predicted molar refractivity (Wildman–Crippen MR) is 56.4 cm³/mol. The van der Waals surface area contributed by atoms with Gasteiger partial charge in [-0.05, 0) is 24.6 Å². The Morgan fingerprint density at radius 3 is 2.87 bits per heavy atom. The maximum absolute atomic E-state index is 12.8. The average Bonchev–Trinajstić information content (AvgIpc) is 2.17. The van der Waals surface area contributed by atoms with Gasteiger partial charge in [-0.3, -0.25) is 0 Å². The molecule has 0 spiro atoms. The topological polar surface area (TPSA) is 49.3 Å². The van der Waals surface area contributed by atoms with Crippen molar-refractivity contribution < 1.29 is 14.3 Å². The van der Waals surface area contributed by atoms with E-state index in [0.29, 0.717) is 12.1 Å². The lowest BCUT2D eigenvalue weighted by Crippen LogP contribution is -2.28. The maximum atomic E-state index is 12.8. The number of rotatable bonds is 5. The molecule has 0 unspecified atom stereocenters. The Kier molecular flexibility index (Phi) is 4.09. The van der Waals surface area contributed by atoms with Crippen LogP contribution >= 0.6 is 0 Å². The highest BCUT2D eigenvalue weighted by molar-refractivity contribution is 5.77. The second-order valence-electron chi connectivity index (χ2n) is 3.33. The Morgan fingerprint density at radius 1 is 1.60 bits per heavy atom. The molecule has 0 aliphatic heterocycles. The molecule has 2 N–H and O–H groups in total. The predicted octanol–water partition coefficient (Wildman–Crippen LogP) is 2.49. The van der Waals surface area contributed by atoms with Crippen LogP contribution in [0.15, 0.2) is 24.3 Å². The Labute approximate surface area is 87.9 Å². The van der Waals surface area contributed by atoms with Crippen molar-refractivity contribution >= 4 is 11.7 Å². The van der Waals surface area contributed by atoms with E-state index in [2.05, 4.69) is 5.32 Å². The molecule has 0 radical (unpaired) electrons. The summed E-state index contributed by atoms with van der Waals surface area (Å²) in [6, 6.07) is 5.14. The van der Waals surface area contributed by atoms with E-state index in [1.54, 1.807) is 12.1 Å². The SMILES string of the molecule is CCC[C@H](Nc1cccc(F)c1)C(=O)O. The number of carboxylic acid groups (broad SMARTS) is 1. The number of carbonyl (C=O) groups is 1. The third-order valence-electron chi connectivity index (χ3n) is 2.04. The van der Waals surface area contributed by atoms with Crippen molar-refractivity contribution in [2.45, 2.75) is 25.8 Å². The van der Waals surface area contributed by atoms with Crippen LogP contribution in [0.4, 0.5) is 10.1 Å². The molecule has 0 fully saturated rings. The van der Waals surface area contributed by atoms with Gasteiger partial charge in [-0.1, -0.05) is 19.4 Å². The summed E-state index contributed by atoms with van der Waals surface area (Å²) in [7, 11) is 0. The number of halogens is 1. The van der Waals surface area contributed by atoms with Crippen LogP contribution < -0.4 is 5.32 Å². The molecule has 82 valence electrons. The van der Waals surface area contributed by atoms with E-state index in [4.69, 9.17) is 5.11 Å². The van der Waals surface area contributed by atoms with Crippen LogP contribution in [-0.2, 0) is 4.79 Å². The Bertz CT molecular complexity index is 341. The highest BCUT2D eigenvalue weighted by Gasteiger charge is 2.15. The van der Waals surface area contributed by atoms with Crippen LogP contribution in [0.1, 0.15) is 19.8 Å². The van der Waals surface area contributed by atoms with Gasteiger partial charge in [-0.25, -0.2) is 9.18 Å². The molecule has 0 aromatic heterocycles. The first-order chi connectivity index (χ1) is 7.13. The highest BCUT2D eigenvalue weighted by Crippen LogP contribution is 2.12. The van der Waals surface area contributed by atoms with Crippen molar-refractivity contribution in [3.63, 3.8) is 0 Å². The lowest BCUT2D eigenvalue weighted by molar-refractivity contribution is -0.138. The summed E-state index contributed by atoms with van der Waals surface area (Å²) in [5.74, 6) is -1.29. The van der Waals surface area contributed by atoms with Crippen molar-refractivity contribution in [1.29, 1.82) is 0 Å². The molecule has 1 rings (SSSR count). The van der Waals surface area contributed by atoms with E-state index in [9.17, 15) is 9.18 Å². The van der Waals surface area contributed by atoms with Gasteiger partial charge in [-0.2, -0.15) is 0 Å². The quantitative estimate of drug-likeness (QED) is 0.786. The van der Waals surface area contributed by atoms with Gasteiger partial charge in [0, 0.05) is 5.69 Å². The molecule has 0 bridgehead atoms. The number of benzene rings is 1. The van der Waals surface area contributed by atoms with Gasteiger partial charge in [0.25, 0.3) is 0 Å². The fourth-order valence-electron chi connectivity index (χ4n) is 1.33. The first kappa shape index (κ1) is 11.5. The summed E-state index contributed by atoms with van der Waals surface area (Å²) in [6.45, 7) is 1.91. The number of nitrogens with one attached hydrogen (secondary N) is 1. The third kappa shape index (κ3) is 3.58. The van der Waals surface area contributed by atoms with Crippen LogP contribution in [0.5, 0.6) is 0 Å². The molecule has 0 aliphatic carbocycles. The number of aliphatic carboxylic acids is 1. The number of hydrogen-bond donors (Lipinski definition) is 2. The smallest absolute Gasteiger partial charge is 0.326 e. The molecular formula is C11H14FNO2. The maximum Gasteiger partial charge on any atom is 0.326 e. The minimum absolute atomic E-state index is 0.374. The summed E-state index contributed by atoms with van der Waals surface area (Å²) in [4.78, 5) is 10.8. The zero-order chi connectivity index (χ0) is 11.3. The fraction of sp³-hybridized carbons (Fsp3) is 0.364. The number of carboxylic acids is 1. The summed E-state index contributed by atoms with van der Waals surface area (Å²) < 4.78 is 12.8. The number of anilines is 1. The normalized spacial score (nSPS) is 12.1. The van der Waals surface area contributed by atoms with Crippen molar-refractivity contribution in [1.82, 2.24) is 0 Å². The molecule has 0 amide bonds. The van der Waals surface area contributed by atoms with E-state index in [1.807, 2.05) is 6.92 Å². The molecule has 4 heteroatoms. The van der Waals surface area contributed by atoms with Crippen molar-refractivity contribution in [2.24, 2.45) is 0 Å². The third-order valence-corrected chi connectivity index (χ3v) is 2.04. The lowest BCUT2D eigenvalue weighted by Gasteiger charge is -2.14. The largest absolute Gasteiger partial charge is 0.480 e. The van der Waals surface area contributed by atoms with Crippen molar-refractivity contribution in [2.75, 3.05) is 5.32 Å². The van der Waals surface area contributed by atoms with E-state index in [-0.39, 0.29) is 5.82 Å². The zero-order valence-corrected chi connectivity index (χ0v) is 8.53. The summed E-state index contributed by atoms with van der Waals surface area (Å²) in [5, 5.41) is 11.7. The second-order valence-corrected chi connectivity index (χ2v) is 3.33. The summed E-state index contributed by atoms with van der Waals surface area (Å²) in [6.07, 6.45) is 1.28. The molecule has 1 aromatic carbocycles. The van der Waals surface area contributed by atoms with Gasteiger partial charge >= 0.3 is 5.97 Å². The first-order valence-electron chi connectivity index (χ1n) is 4.88. The Hall–Kier alpha value is -1.58. The van der Waals surface area contributed by atoms with Gasteiger partial charge in [0.2, 0.25) is 0 Å². The van der Waals surface area contributed by atoms with Gasteiger partial charge in [-0.15, -0.1) is 0 Å². The zero-order valence-electron chi connectivity index (χ0n) is 8.53. The van der Waals surface area contributed by atoms with Gasteiger partial charge in [0.05, 0.1) is 0 Å². The molecule has 15 heavy (non-hydrogen) atoms. The molecule has 0 heterocycles. The molecule has 3 nitrogen and oxygen atoms in total. The Balaban J connectivity index is 2.69. The van der Waals surface area contributed by atoms with Crippen molar-refractivity contribution in [3.05, 3.63) is 30.1 Å². The highest BCUT2D eigenvalue weighted by atomic mass is 19.1. The van der Waals surface area contributed by atoms with Gasteiger partial charge in [0.15, 0.2) is 0 Å². The summed E-state index contributed by atoms with van der Waals surface area (Å²) in [5.41, 5.74) is 0.496. The van der Waals surface area contributed by atoms with E-state index in [0.717, 1.165) is 6.42 Å². The Morgan fingerprint density at radius 2 is 2.33 bits per heavy atom. The van der Waals surface area contributed by atoms with E-state index >= 15 is 0 Å². The molecule has 0 saturated heterocycles. The van der Waals surface area contributed by atoms with Crippen LogP contribution in [0.2, 0.25) is 0 Å².